The third kappa shape index (κ3) is 5.77. The van der Waals surface area contributed by atoms with E-state index in [-0.39, 0.29) is 17.3 Å². The van der Waals surface area contributed by atoms with Crippen molar-refractivity contribution < 1.29 is 13.2 Å². The number of halogens is 1. The predicted molar refractivity (Wildman–Crippen MR) is 152 cm³/mol. The maximum atomic E-state index is 13.8. The van der Waals surface area contributed by atoms with Crippen molar-refractivity contribution in [1.82, 2.24) is 4.90 Å². The molecule has 0 aliphatic carbocycles. The molecule has 1 fully saturated rings. The number of rotatable bonds is 7. The Bertz CT molecular complexity index is 1490. The van der Waals surface area contributed by atoms with Gasteiger partial charge in [-0.15, -0.1) is 0 Å². The average Bonchev–Trinajstić information content (AvgIpc) is 2.97. The standard InChI is InChI=1S/C31H29ClN2O3S/c32-28-16-14-24(15-17-28)23-34(38(36,37)30-12-5-2-6-13-30)29-11-7-10-27(22-29)31(35)33-20-18-26(19-21-33)25-8-3-1-4-9-25/h1-17,22,26H,18-21,23H2. The number of nitrogens with zero attached hydrogens (tertiary/aromatic N) is 2. The first kappa shape index (κ1) is 26.0. The van der Waals surface area contributed by atoms with E-state index in [0.29, 0.717) is 35.3 Å². The van der Waals surface area contributed by atoms with Gasteiger partial charge in [-0.3, -0.25) is 9.10 Å². The summed E-state index contributed by atoms with van der Waals surface area (Å²) < 4.78 is 28.9. The van der Waals surface area contributed by atoms with Gasteiger partial charge in [0.1, 0.15) is 0 Å². The zero-order chi connectivity index (χ0) is 26.5. The molecule has 0 atom stereocenters. The topological polar surface area (TPSA) is 57.7 Å². The normalized spacial score (nSPS) is 14.3. The van der Waals surface area contributed by atoms with Gasteiger partial charge in [0.2, 0.25) is 0 Å². The van der Waals surface area contributed by atoms with E-state index < -0.39 is 10.0 Å². The molecule has 1 amide bonds. The Morgan fingerprint density at radius 3 is 2.11 bits per heavy atom. The maximum absolute atomic E-state index is 13.8. The number of likely N-dealkylation sites (tertiary alicyclic amines) is 1. The van der Waals surface area contributed by atoms with Gasteiger partial charge in [-0.2, -0.15) is 0 Å². The van der Waals surface area contributed by atoms with Crippen molar-refractivity contribution in [3.05, 3.63) is 131 Å². The summed E-state index contributed by atoms with van der Waals surface area (Å²) in [7, 11) is -3.89. The lowest BCUT2D eigenvalue weighted by Crippen LogP contribution is -2.38. The summed E-state index contributed by atoms with van der Waals surface area (Å²) in [5.41, 5.74) is 3.01. The molecule has 4 aromatic rings. The molecular formula is C31H29ClN2O3S. The molecule has 1 saturated heterocycles. The van der Waals surface area contributed by atoms with Crippen LogP contribution in [0.1, 0.15) is 40.2 Å². The molecule has 4 aromatic carbocycles. The first-order chi connectivity index (χ1) is 18.4. The highest BCUT2D eigenvalue weighted by molar-refractivity contribution is 7.92. The first-order valence-electron chi connectivity index (χ1n) is 12.7. The SMILES string of the molecule is O=C(c1cccc(N(Cc2ccc(Cl)cc2)S(=O)(=O)c2ccccc2)c1)N1CCC(c2ccccc2)CC1. The lowest BCUT2D eigenvalue weighted by molar-refractivity contribution is 0.0713. The Hall–Kier alpha value is -3.61. The monoisotopic (exact) mass is 544 g/mol. The van der Waals surface area contributed by atoms with Gasteiger partial charge >= 0.3 is 0 Å². The van der Waals surface area contributed by atoms with Crippen LogP contribution in [-0.2, 0) is 16.6 Å². The summed E-state index contributed by atoms with van der Waals surface area (Å²) in [5, 5.41) is 0.579. The molecule has 7 heteroatoms. The minimum absolute atomic E-state index is 0.0816. The summed E-state index contributed by atoms with van der Waals surface area (Å²) in [6.45, 7) is 1.44. The molecule has 0 N–H and O–H groups in total. The zero-order valence-corrected chi connectivity index (χ0v) is 22.5. The van der Waals surface area contributed by atoms with E-state index >= 15 is 0 Å². The van der Waals surface area contributed by atoms with E-state index in [9.17, 15) is 13.2 Å². The van der Waals surface area contributed by atoms with Gasteiger partial charge in [-0.25, -0.2) is 8.42 Å². The third-order valence-electron chi connectivity index (χ3n) is 7.00. The molecule has 0 aromatic heterocycles. The van der Waals surface area contributed by atoms with Crippen LogP contribution in [0.25, 0.3) is 0 Å². The molecule has 194 valence electrons. The molecular weight excluding hydrogens is 516 g/mol. The molecule has 5 nitrogen and oxygen atoms in total. The van der Waals surface area contributed by atoms with Gasteiger partial charge in [0.25, 0.3) is 15.9 Å². The smallest absolute Gasteiger partial charge is 0.264 e. The second-order valence-corrected chi connectivity index (χ2v) is 11.8. The van der Waals surface area contributed by atoms with Crippen LogP contribution in [0.4, 0.5) is 5.69 Å². The van der Waals surface area contributed by atoms with E-state index in [1.54, 1.807) is 66.7 Å². The highest BCUT2D eigenvalue weighted by Crippen LogP contribution is 2.30. The van der Waals surface area contributed by atoms with Crippen LogP contribution < -0.4 is 4.31 Å². The maximum Gasteiger partial charge on any atom is 0.264 e. The van der Waals surface area contributed by atoms with Gasteiger partial charge in [0.15, 0.2) is 0 Å². The van der Waals surface area contributed by atoms with Gasteiger partial charge in [0, 0.05) is 23.7 Å². The number of carbonyl (C=O) groups excluding carboxylic acids is 1. The van der Waals surface area contributed by atoms with Gasteiger partial charge in [-0.05, 0) is 72.4 Å². The second kappa shape index (κ2) is 11.4. The van der Waals surface area contributed by atoms with Crippen LogP contribution in [0.3, 0.4) is 0 Å². The van der Waals surface area contributed by atoms with Gasteiger partial charge in [-0.1, -0.05) is 78.3 Å². The number of hydrogen-bond acceptors (Lipinski definition) is 3. The third-order valence-corrected chi connectivity index (χ3v) is 9.04. The number of anilines is 1. The Morgan fingerprint density at radius 1 is 0.816 bits per heavy atom. The van der Waals surface area contributed by atoms with Crippen molar-refractivity contribution in [2.75, 3.05) is 17.4 Å². The van der Waals surface area contributed by atoms with Gasteiger partial charge in [0.05, 0.1) is 17.1 Å². The number of piperidine rings is 1. The minimum atomic E-state index is -3.89. The highest BCUT2D eigenvalue weighted by atomic mass is 35.5. The van der Waals surface area contributed by atoms with E-state index in [1.807, 2.05) is 23.1 Å². The van der Waals surface area contributed by atoms with Crippen molar-refractivity contribution >= 4 is 33.2 Å². The number of carbonyl (C=O) groups is 1. The molecule has 5 rings (SSSR count). The number of hydrogen-bond donors (Lipinski definition) is 0. The molecule has 0 bridgehead atoms. The summed E-state index contributed by atoms with van der Waals surface area (Å²) >= 11 is 6.05. The van der Waals surface area contributed by atoms with Gasteiger partial charge < -0.3 is 4.90 Å². The fourth-order valence-corrected chi connectivity index (χ4v) is 6.50. The van der Waals surface area contributed by atoms with Crippen LogP contribution in [-0.4, -0.2) is 32.3 Å². The van der Waals surface area contributed by atoms with Crippen LogP contribution in [0, 0.1) is 0 Å². The highest BCUT2D eigenvalue weighted by Gasteiger charge is 2.28. The number of amides is 1. The van der Waals surface area contributed by atoms with Crippen molar-refractivity contribution in [2.45, 2.75) is 30.2 Å². The fraction of sp³-hybridized carbons (Fsp3) is 0.194. The summed E-state index contributed by atoms with van der Waals surface area (Å²) in [5.74, 6) is 0.361. The molecule has 0 unspecified atom stereocenters. The Balaban J connectivity index is 1.40. The van der Waals surface area contributed by atoms with Crippen LogP contribution in [0.2, 0.25) is 5.02 Å². The fourth-order valence-electron chi connectivity index (χ4n) is 4.91. The summed E-state index contributed by atoms with van der Waals surface area (Å²) in [4.78, 5) is 15.5. The largest absolute Gasteiger partial charge is 0.339 e. The summed E-state index contributed by atoms with van der Waals surface area (Å²) in [6.07, 6.45) is 1.81. The van der Waals surface area contributed by atoms with Crippen molar-refractivity contribution in [2.24, 2.45) is 0 Å². The number of sulfonamides is 1. The Kier molecular flexibility index (Phi) is 7.82. The van der Waals surface area contributed by atoms with Crippen molar-refractivity contribution in [3.8, 4) is 0 Å². The molecule has 1 aliphatic rings. The Labute approximate surface area is 229 Å². The van der Waals surface area contributed by atoms with Crippen LogP contribution in [0.15, 0.2) is 114 Å². The van der Waals surface area contributed by atoms with E-state index in [0.717, 1.165) is 18.4 Å². The first-order valence-corrected chi connectivity index (χ1v) is 14.5. The summed E-state index contributed by atoms with van der Waals surface area (Å²) in [6, 6.07) is 32.8. The number of benzene rings is 4. The van der Waals surface area contributed by atoms with Crippen molar-refractivity contribution in [3.63, 3.8) is 0 Å². The van der Waals surface area contributed by atoms with E-state index in [4.69, 9.17) is 11.6 Å². The predicted octanol–water partition coefficient (Wildman–Crippen LogP) is 6.76. The van der Waals surface area contributed by atoms with E-state index in [1.165, 1.54) is 9.87 Å². The molecule has 0 spiro atoms. The average molecular weight is 545 g/mol. The molecule has 0 radical (unpaired) electrons. The molecule has 1 aliphatic heterocycles. The Morgan fingerprint density at radius 2 is 1.45 bits per heavy atom. The van der Waals surface area contributed by atoms with Crippen LogP contribution in [0.5, 0.6) is 0 Å². The van der Waals surface area contributed by atoms with E-state index in [2.05, 4.69) is 24.3 Å². The second-order valence-electron chi connectivity index (χ2n) is 9.48. The quantitative estimate of drug-likeness (QED) is 0.258. The van der Waals surface area contributed by atoms with Crippen molar-refractivity contribution in [1.29, 1.82) is 0 Å². The zero-order valence-electron chi connectivity index (χ0n) is 20.9. The lowest BCUT2D eigenvalue weighted by Gasteiger charge is -2.32. The lowest BCUT2D eigenvalue weighted by atomic mass is 9.89. The minimum Gasteiger partial charge on any atom is -0.339 e. The molecule has 38 heavy (non-hydrogen) atoms. The molecule has 0 saturated carbocycles. The molecule has 1 heterocycles. The van der Waals surface area contributed by atoms with Crippen LogP contribution >= 0.6 is 11.6 Å².